The van der Waals surface area contributed by atoms with E-state index in [0.717, 1.165) is 33.2 Å². The van der Waals surface area contributed by atoms with Gasteiger partial charge in [0.15, 0.2) is 12.1 Å². The van der Waals surface area contributed by atoms with E-state index < -0.39 is 0 Å². The molecule has 3 heterocycles. The molecule has 0 amide bonds. The highest BCUT2D eigenvalue weighted by Gasteiger charge is 2.26. The van der Waals surface area contributed by atoms with Crippen molar-refractivity contribution in [2.45, 2.75) is 6.17 Å². The third-order valence-corrected chi connectivity index (χ3v) is 4.54. The maximum Gasteiger partial charge on any atom is 0.212 e. The molecule has 2 aromatic heterocycles. The van der Waals surface area contributed by atoms with Gasteiger partial charge in [0.2, 0.25) is 5.95 Å². The third-order valence-electron chi connectivity index (χ3n) is 4.54. The number of aromatic nitrogens is 3. The second-order valence-corrected chi connectivity index (χ2v) is 5.96. The summed E-state index contributed by atoms with van der Waals surface area (Å²) >= 11 is 0. The summed E-state index contributed by atoms with van der Waals surface area (Å²) < 4.78 is 7.37. The van der Waals surface area contributed by atoms with Crippen LogP contribution in [-0.4, -0.2) is 27.6 Å². The standard InChI is InChI=1S/C18H16N6O/c1-25-10-6-7-11-12(9-20-14(11)8-10)16-22-17(19)23-18-21-13-4-2-3-5-15(13)24(16)18/h2-9,16,20H,1H3,(H3,19,21,22,23). The Kier molecular flexibility index (Phi) is 2.79. The molecule has 5 rings (SSSR count). The molecule has 1 atom stereocenters. The largest absolute Gasteiger partial charge is 0.497 e. The Balaban J connectivity index is 1.75. The van der Waals surface area contributed by atoms with Crippen molar-refractivity contribution in [2.24, 2.45) is 10.7 Å². The van der Waals surface area contributed by atoms with Gasteiger partial charge in [-0.25, -0.2) is 9.98 Å². The van der Waals surface area contributed by atoms with Gasteiger partial charge in [0.25, 0.3) is 0 Å². The first kappa shape index (κ1) is 13.9. The molecule has 1 aliphatic rings. The van der Waals surface area contributed by atoms with Crippen LogP contribution in [0.2, 0.25) is 0 Å². The lowest BCUT2D eigenvalue weighted by Crippen LogP contribution is -2.31. The Morgan fingerprint density at radius 3 is 2.96 bits per heavy atom. The maximum absolute atomic E-state index is 6.01. The number of nitrogens with one attached hydrogen (secondary N) is 2. The summed E-state index contributed by atoms with van der Waals surface area (Å²) in [6.07, 6.45) is 1.68. The van der Waals surface area contributed by atoms with Crippen LogP contribution in [0.25, 0.3) is 21.9 Å². The van der Waals surface area contributed by atoms with Crippen LogP contribution in [0.15, 0.2) is 53.7 Å². The third kappa shape index (κ3) is 1.99. The molecule has 7 heteroatoms. The molecule has 4 N–H and O–H groups in total. The molecule has 124 valence electrons. The van der Waals surface area contributed by atoms with Gasteiger partial charge < -0.3 is 15.5 Å². The number of aromatic amines is 1. The highest BCUT2D eigenvalue weighted by atomic mass is 16.5. The average molecular weight is 332 g/mol. The molecular formula is C18H16N6O. The molecule has 7 nitrogen and oxygen atoms in total. The highest BCUT2D eigenvalue weighted by molar-refractivity contribution is 5.95. The number of hydrogen-bond donors (Lipinski definition) is 3. The van der Waals surface area contributed by atoms with Gasteiger partial charge in [-0.1, -0.05) is 12.1 Å². The van der Waals surface area contributed by atoms with Gasteiger partial charge in [0, 0.05) is 28.7 Å². The number of nitrogens with zero attached hydrogens (tertiary/aromatic N) is 3. The minimum absolute atomic E-state index is 0.286. The van der Waals surface area contributed by atoms with E-state index >= 15 is 0 Å². The fraction of sp³-hybridized carbons (Fsp3) is 0.111. The lowest BCUT2D eigenvalue weighted by molar-refractivity contribution is 0.415. The Morgan fingerprint density at radius 1 is 1.20 bits per heavy atom. The van der Waals surface area contributed by atoms with Crippen LogP contribution in [0.3, 0.4) is 0 Å². The molecule has 0 bridgehead atoms. The Labute approximate surface area is 143 Å². The molecular weight excluding hydrogens is 316 g/mol. The van der Waals surface area contributed by atoms with E-state index in [9.17, 15) is 0 Å². The van der Waals surface area contributed by atoms with Crippen molar-refractivity contribution >= 4 is 33.8 Å². The van der Waals surface area contributed by atoms with Gasteiger partial charge in [0.1, 0.15) is 5.75 Å². The molecule has 1 unspecified atom stereocenters. The minimum Gasteiger partial charge on any atom is -0.497 e. The quantitative estimate of drug-likeness (QED) is 0.526. The van der Waals surface area contributed by atoms with E-state index in [1.807, 2.05) is 48.7 Å². The monoisotopic (exact) mass is 332 g/mol. The molecule has 0 radical (unpaired) electrons. The lowest BCUT2D eigenvalue weighted by Gasteiger charge is -2.23. The summed E-state index contributed by atoms with van der Waals surface area (Å²) in [5.41, 5.74) is 9.95. The Bertz CT molecular complexity index is 1140. The number of imidazole rings is 1. The van der Waals surface area contributed by atoms with Gasteiger partial charge in [-0.3, -0.25) is 9.88 Å². The van der Waals surface area contributed by atoms with Crippen LogP contribution >= 0.6 is 0 Å². The summed E-state index contributed by atoms with van der Waals surface area (Å²) in [4.78, 5) is 12.6. The van der Waals surface area contributed by atoms with Crippen LogP contribution in [-0.2, 0) is 0 Å². The molecule has 0 spiro atoms. The summed E-state index contributed by atoms with van der Waals surface area (Å²) in [5, 5.41) is 4.13. The number of H-pyrrole nitrogens is 1. The fourth-order valence-corrected chi connectivity index (χ4v) is 3.39. The molecule has 0 aliphatic carbocycles. The van der Waals surface area contributed by atoms with Crippen molar-refractivity contribution < 1.29 is 4.74 Å². The molecule has 0 saturated heterocycles. The summed E-state index contributed by atoms with van der Waals surface area (Å²) in [6, 6.07) is 13.9. The van der Waals surface area contributed by atoms with Gasteiger partial charge in [-0.15, -0.1) is 0 Å². The SMILES string of the molecule is COc1ccc2c(C3N=C(N)Nc4nc5ccccc5n43)c[nH]c2c1. The van der Waals surface area contributed by atoms with E-state index in [0.29, 0.717) is 11.9 Å². The van der Waals surface area contributed by atoms with Gasteiger partial charge in [0.05, 0.1) is 18.1 Å². The second-order valence-electron chi connectivity index (χ2n) is 5.96. The lowest BCUT2D eigenvalue weighted by atomic mass is 10.1. The number of aliphatic imine (C=N–C) groups is 1. The molecule has 1 aliphatic heterocycles. The van der Waals surface area contributed by atoms with E-state index in [2.05, 4.69) is 24.8 Å². The van der Waals surface area contributed by atoms with Gasteiger partial charge in [-0.2, -0.15) is 0 Å². The highest BCUT2D eigenvalue weighted by Crippen LogP contribution is 2.36. The zero-order valence-corrected chi connectivity index (χ0v) is 13.5. The van der Waals surface area contributed by atoms with E-state index in [4.69, 9.17) is 10.5 Å². The predicted molar refractivity (Wildman–Crippen MR) is 98.0 cm³/mol. The van der Waals surface area contributed by atoms with Crippen LogP contribution in [0.4, 0.5) is 5.95 Å². The number of hydrogen-bond acceptors (Lipinski definition) is 5. The molecule has 4 aromatic rings. The number of ether oxygens (including phenoxy) is 1. The van der Waals surface area contributed by atoms with E-state index in [1.165, 1.54) is 0 Å². The van der Waals surface area contributed by atoms with Crippen LogP contribution in [0.1, 0.15) is 11.7 Å². The first-order chi connectivity index (χ1) is 12.2. The van der Waals surface area contributed by atoms with Crippen molar-refractivity contribution in [3.8, 4) is 5.75 Å². The number of rotatable bonds is 2. The number of nitrogens with two attached hydrogens (primary N) is 1. The van der Waals surface area contributed by atoms with Crippen molar-refractivity contribution in [1.29, 1.82) is 0 Å². The number of fused-ring (bicyclic) bond motifs is 4. The smallest absolute Gasteiger partial charge is 0.212 e. The van der Waals surface area contributed by atoms with Crippen molar-refractivity contribution in [1.82, 2.24) is 14.5 Å². The zero-order chi connectivity index (χ0) is 17.0. The minimum atomic E-state index is -0.286. The Hall–Kier alpha value is -3.48. The number of anilines is 1. The number of para-hydroxylation sites is 2. The van der Waals surface area contributed by atoms with Crippen molar-refractivity contribution in [3.05, 3.63) is 54.2 Å². The van der Waals surface area contributed by atoms with Crippen LogP contribution < -0.4 is 15.8 Å². The molecule has 0 fully saturated rings. The van der Waals surface area contributed by atoms with Crippen molar-refractivity contribution in [3.63, 3.8) is 0 Å². The average Bonchev–Trinajstić information content (AvgIpc) is 3.21. The predicted octanol–water partition coefficient (Wildman–Crippen LogP) is 2.81. The number of guanidine groups is 1. The first-order valence-corrected chi connectivity index (χ1v) is 7.97. The topological polar surface area (TPSA) is 93.2 Å². The normalized spacial score (nSPS) is 16.5. The van der Waals surface area contributed by atoms with Crippen molar-refractivity contribution in [2.75, 3.05) is 12.4 Å². The van der Waals surface area contributed by atoms with Crippen LogP contribution in [0.5, 0.6) is 5.75 Å². The fourth-order valence-electron chi connectivity index (χ4n) is 3.39. The van der Waals surface area contributed by atoms with Crippen LogP contribution in [0, 0.1) is 0 Å². The van der Waals surface area contributed by atoms with Gasteiger partial charge >= 0.3 is 0 Å². The second kappa shape index (κ2) is 5.01. The summed E-state index contributed by atoms with van der Waals surface area (Å²) in [7, 11) is 1.66. The summed E-state index contributed by atoms with van der Waals surface area (Å²) in [6.45, 7) is 0. The first-order valence-electron chi connectivity index (χ1n) is 7.97. The number of benzene rings is 2. The summed E-state index contributed by atoms with van der Waals surface area (Å²) in [5.74, 6) is 1.86. The Morgan fingerprint density at radius 2 is 2.08 bits per heavy atom. The maximum atomic E-state index is 6.01. The molecule has 2 aromatic carbocycles. The molecule has 0 saturated carbocycles. The van der Waals surface area contributed by atoms with E-state index in [-0.39, 0.29) is 6.17 Å². The van der Waals surface area contributed by atoms with Gasteiger partial charge in [-0.05, 0) is 24.3 Å². The number of methoxy groups -OCH3 is 1. The zero-order valence-electron chi connectivity index (χ0n) is 13.5. The van der Waals surface area contributed by atoms with E-state index in [1.54, 1.807) is 7.11 Å². The molecule has 25 heavy (non-hydrogen) atoms.